The molecule has 0 aromatic carbocycles. The number of aliphatic imine (C=N–C) groups is 1. The fourth-order valence-corrected chi connectivity index (χ4v) is 3.26. The third kappa shape index (κ3) is 2.68. The zero-order valence-corrected chi connectivity index (χ0v) is 10.9. The van der Waals surface area contributed by atoms with Gasteiger partial charge < -0.3 is 5.32 Å². The molecular weight excluding hydrogens is 204 g/mol. The van der Waals surface area contributed by atoms with Crippen LogP contribution < -0.4 is 5.32 Å². The Morgan fingerprint density at radius 3 is 2.73 bits per heavy atom. The molecule has 15 heavy (non-hydrogen) atoms. The first-order valence-electron chi connectivity index (χ1n) is 6.03. The van der Waals surface area contributed by atoms with Crippen LogP contribution in [0.2, 0.25) is 0 Å². The molecule has 1 heterocycles. The van der Waals surface area contributed by atoms with Crippen LogP contribution in [0.1, 0.15) is 40.0 Å². The monoisotopic (exact) mass is 226 g/mol. The van der Waals surface area contributed by atoms with Crippen molar-refractivity contribution in [3.05, 3.63) is 0 Å². The van der Waals surface area contributed by atoms with E-state index in [4.69, 9.17) is 4.99 Å². The van der Waals surface area contributed by atoms with E-state index in [0.29, 0.717) is 17.4 Å². The Balaban J connectivity index is 1.82. The van der Waals surface area contributed by atoms with E-state index in [-0.39, 0.29) is 0 Å². The summed E-state index contributed by atoms with van der Waals surface area (Å²) in [4.78, 5) is 4.72. The predicted molar refractivity (Wildman–Crippen MR) is 68.5 cm³/mol. The molecule has 1 aliphatic carbocycles. The molecule has 1 N–H and O–H groups in total. The van der Waals surface area contributed by atoms with Crippen molar-refractivity contribution in [1.82, 2.24) is 5.32 Å². The number of amidine groups is 1. The average molecular weight is 226 g/mol. The van der Waals surface area contributed by atoms with Gasteiger partial charge >= 0.3 is 0 Å². The van der Waals surface area contributed by atoms with Gasteiger partial charge in [0.15, 0.2) is 5.17 Å². The molecule has 2 aliphatic rings. The number of thioether (sulfide) groups is 1. The van der Waals surface area contributed by atoms with Crippen molar-refractivity contribution >= 4 is 16.9 Å². The number of nitrogens with one attached hydrogen (secondary N) is 1. The molecule has 2 rings (SSSR count). The van der Waals surface area contributed by atoms with E-state index in [9.17, 15) is 0 Å². The van der Waals surface area contributed by atoms with E-state index in [1.165, 1.54) is 30.2 Å². The molecule has 1 unspecified atom stereocenters. The Labute approximate surface area is 97.3 Å². The minimum Gasteiger partial charge on any atom is -0.361 e. The molecule has 86 valence electrons. The van der Waals surface area contributed by atoms with Crippen LogP contribution in [0, 0.1) is 11.3 Å². The van der Waals surface area contributed by atoms with Crippen LogP contribution in [0.3, 0.4) is 0 Å². The second-order valence-corrected chi connectivity index (χ2v) is 6.60. The van der Waals surface area contributed by atoms with Crippen molar-refractivity contribution in [2.75, 3.05) is 12.3 Å². The largest absolute Gasteiger partial charge is 0.361 e. The molecule has 1 saturated heterocycles. The molecule has 0 spiro atoms. The molecule has 0 aromatic rings. The summed E-state index contributed by atoms with van der Waals surface area (Å²) in [5.41, 5.74) is 0.519. The summed E-state index contributed by atoms with van der Waals surface area (Å²) in [5.74, 6) is 1.90. The van der Waals surface area contributed by atoms with Crippen molar-refractivity contribution < 1.29 is 0 Å². The maximum atomic E-state index is 4.72. The first-order chi connectivity index (χ1) is 7.09. The lowest BCUT2D eigenvalue weighted by Crippen LogP contribution is -2.33. The Bertz CT molecular complexity index is 256. The van der Waals surface area contributed by atoms with Gasteiger partial charge in [0.05, 0.1) is 0 Å². The van der Waals surface area contributed by atoms with Gasteiger partial charge in [-0.1, -0.05) is 39.0 Å². The van der Waals surface area contributed by atoms with Crippen LogP contribution >= 0.6 is 11.8 Å². The van der Waals surface area contributed by atoms with E-state index in [1.807, 2.05) is 11.8 Å². The van der Waals surface area contributed by atoms with Crippen molar-refractivity contribution in [2.45, 2.75) is 46.1 Å². The molecule has 0 radical (unpaired) electrons. The Kier molecular flexibility index (Phi) is 3.29. The molecule has 0 amide bonds. The van der Waals surface area contributed by atoms with E-state index in [1.54, 1.807) is 0 Å². The third-order valence-electron chi connectivity index (χ3n) is 3.68. The number of rotatable bonds is 3. The number of hydrogen-bond acceptors (Lipinski definition) is 2. The van der Waals surface area contributed by atoms with Crippen LogP contribution in [0.15, 0.2) is 4.99 Å². The van der Waals surface area contributed by atoms with Crippen LogP contribution in [0.5, 0.6) is 0 Å². The first-order valence-corrected chi connectivity index (χ1v) is 7.01. The normalized spacial score (nSPS) is 31.7. The fourth-order valence-electron chi connectivity index (χ4n) is 2.06. The predicted octanol–water partition coefficient (Wildman–Crippen LogP) is 2.89. The minimum atomic E-state index is 0.519. The van der Waals surface area contributed by atoms with Crippen molar-refractivity contribution in [2.24, 2.45) is 16.3 Å². The summed E-state index contributed by atoms with van der Waals surface area (Å²) in [7, 11) is 0. The van der Waals surface area contributed by atoms with Gasteiger partial charge in [-0.2, -0.15) is 0 Å². The van der Waals surface area contributed by atoms with Gasteiger partial charge in [-0.3, -0.25) is 4.99 Å². The highest BCUT2D eigenvalue weighted by Gasteiger charge is 2.32. The second kappa shape index (κ2) is 4.36. The van der Waals surface area contributed by atoms with Gasteiger partial charge in [-0.05, 0) is 24.2 Å². The molecule has 1 aliphatic heterocycles. The SMILES string of the molecule is CC(C)C1CSC(=NCC2(C)CCC2)N1. The maximum Gasteiger partial charge on any atom is 0.156 e. The zero-order chi connectivity index (χ0) is 10.9. The summed E-state index contributed by atoms with van der Waals surface area (Å²) in [6.45, 7) is 7.93. The molecule has 3 heteroatoms. The topological polar surface area (TPSA) is 24.4 Å². The molecular formula is C12H22N2S. The van der Waals surface area contributed by atoms with Crippen molar-refractivity contribution in [3.63, 3.8) is 0 Å². The zero-order valence-electron chi connectivity index (χ0n) is 10.0. The second-order valence-electron chi connectivity index (χ2n) is 5.59. The van der Waals surface area contributed by atoms with Gasteiger partial charge in [0.2, 0.25) is 0 Å². The molecule has 1 saturated carbocycles. The average Bonchev–Trinajstić information content (AvgIpc) is 2.60. The van der Waals surface area contributed by atoms with Gasteiger partial charge in [0.1, 0.15) is 0 Å². The number of nitrogens with zero attached hydrogens (tertiary/aromatic N) is 1. The van der Waals surface area contributed by atoms with Gasteiger partial charge in [-0.25, -0.2) is 0 Å². The molecule has 2 nitrogen and oxygen atoms in total. The highest BCUT2D eigenvalue weighted by molar-refractivity contribution is 8.14. The molecule has 2 fully saturated rings. The minimum absolute atomic E-state index is 0.519. The Morgan fingerprint density at radius 2 is 2.27 bits per heavy atom. The summed E-state index contributed by atoms with van der Waals surface area (Å²) < 4.78 is 0. The quantitative estimate of drug-likeness (QED) is 0.800. The summed E-state index contributed by atoms with van der Waals surface area (Å²) in [6.07, 6.45) is 4.13. The van der Waals surface area contributed by atoms with E-state index < -0.39 is 0 Å². The van der Waals surface area contributed by atoms with Crippen LogP contribution in [-0.2, 0) is 0 Å². The molecule has 1 atom stereocenters. The smallest absolute Gasteiger partial charge is 0.156 e. The lowest BCUT2D eigenvalue weighted by molar-refractivity contribution is 0.174. The molecule has 0 aromatic heterocycles. The van der Waals surface area contributed by atoms with E-state index in [2.05, 4.69) is 26.1 Å². The number of hydrogen-bond donors (Lipinski definition) is 1. The van der Waals surface area contributed by atoms with Crippen molar-refractivity contribution in [1.29, 1.82) is 0 Å². The van der Waals surface area contributed by atoms with Crippen LogP contribution in [0.4, 0.5) is 0 Å². The van der Waals surface area contributed by atoms with Crippen LogP contribution in [0.25, 0.3) is 0 Å². The standard InChI is InChI=1S/C12H22N2S/c1-9(2)10-7-15-11(14-10)13-8-12(3)5-4-6-12/h9-10H,4-8H2,1-3H3,(H,13,14). The lowest BCUT2D eigenvalue weighted by Gasteiger charge is -2.36. The Hall–Kier alpha value is -0.180. The highest BCUT2D eigenvalue weighted by Crippen LogP contribution is 2.40. The van der Waals surface area contributed by atoms with Crippen molar-refractivity contribution in [3.8, 4) is 0 Å². The van der Waals surface area contributed by atoms with Gasteiger partial charge in [0, 0.05) is 18.3 Å². The van der Waals surface area contributed by atoms with E-state index >= 15 is 0 Å². The Morgan fingerprint density at radius 1 is 1.53 bits per heavy atom. The van der Waals surface area contributed by atoms with Gasteiger partial charge in [0.25, 0.3) is 0 Å². The summed E-state index contributed by atoms with van der Waals surface area (Å²) in [6, 6.07) is 0.628. The first kappa shape index (κ1) is 11.3. The third-order valence-corrected chi connectivity index (χ3v) is 4.72. The van der Waals surface area contributed by atoms with Gasteiger partial charge in [-0.15, -0.1) is 0 Å². The highest BCUT2D eigenvalue weighted by atomic mass is 32.2. The fraction of sp³-hybridized carbons (Fsp3) is 0.917. The summed E-state index contributed by atoms with van der Waals surface area (Å²) in [5, 5.41) is 4.71. The molecule has 0 bridgehead atoms. The summed E-state index contributed by atoms with van der Waals surface area (Å²) >= 11 is 1.89. The van der Waals surface area contributed by atoms with Crippen LogP contribution in [-0.4, -0.2) is 23.5 Å². The maximum absolute atomic E-state index is 4.72. The lowest BCUT2D eigenvalue weighted by atomic mass is 9.71. The van der Waals surface area contributed by atoms with E-state index in [0.717, 1.165) is 6.54 Å².